The van der Waals surface area contributed by atoms with E-state index in [1.165, 1.54) is 0 Å². The highest BCUT2D eigenvalue weighted by atomic mass is 32.2. The Morgan fingerprint density at radius 1 is 1.43 bits per heavy atom. The number of hydrogen-bond donors (Lipinski definition) is 1. The lowest BCUT2D eigenvalue weighted by Crippen LogP contribution is -2.50. The van der Waals surface area contributed by atoms with Gasteiger partial charge < -0.3 is 14.8 Å². The molecule has 0 saturated carbocycles. The fourth-order valence-electron chi connectivity index (χ4n) is 2.40. The largest absolute Gasteiger partial charge is 0.484 e. The Kier molecular flexibility index (Phi) is 5.12. The molecule has 0 spiro atoms. The van der Waals surface area contributed by atoms with Crippen molar-refractivity contribution in [3.63, 3.8) is 0 Å². The number of carbonyl (C=O) groups excluding carboxylic acids is 1. The Hall–Kier alpha value is -2.08. The van der Waals surface area contributed by atoms with Crippen molar-refractivity contribution in [1.82, 2.24) is 10.2 Å². The first kappa shape index (κ1) is 15.8. The van der Waals surface area contributed by atoms with Crippen LogP contribution in [0, 0.1) is 6.92 Å². The van der Waals surface area contributed by atoms with Crippen LogP contribution in [0.4, 0.5) is 0 Å². The van der Waals surface area contributed by atoms with Gasteiger partial charge >= 0.3 is 0 Å². The number of hydrogen-bond acceptors (Lipinski definition) is 5. The number of nitrogens with one attached hydrogen (secondary N) is 1. The van der Waals surface area contributed by atoms with Crippen LogP contribution in [0.3, 0.4) is 0 Å². The van der Waals surface area contributed by atoms with Crippen LogP contribution in [-0.2, 0) is 9.53 Å². The quantitative estimate of drug-likeness (QED) is 0.868. The Morgan fingerprint density at radius 2 is 2.26 bits per heavy atom. The normalized spacial score (nSPS) is 21.8. The maximum atomic E-state index is 12.6. The fraction of sp³-hybridized carbons (Fsp3) is 0.353. The molecule has 1 aromatic carbocycles. The zero-order valence-electron chi connectivity index (χ0n) is 13.0. The van der Waals surface area contributed by atoms with Crippen LogP contribution in [0.1, 0.15) is 12.0 Å². The van der Waals surface area contributed by atoms with E-state index < -0.39 is 6.35 Å². The molecule has 1 N–H and O–H groups in total. The van der Waals surface area contributed by atoms with Gasteiger partial charge in [-0.2, -0.15) is 0 Å². The van der Waals surface area contributed by atoms with E-state index in [0.29, 0.717) is 17.5 Å². The number of allylic oxidation sites excluding steroid dienone is 1. The molecule has 2 unspecified atom stereocenters. The summed E-state index contributed by atoms with van der Waals surface area (Å²) >= 11 is 1.74. The molecule has 5 nitrogen and oxygen atoms in total. The second-order valence-corrected chi connectivity index (χ2v) is 6.68. The molecule has 1 amide bonds. The van der Waals surface area contributed by atoms with Crippen molar-refractivity contribution in [2.45, 2.75) is 24.9 Å². The summed E-state index contributed by atoms with van der Waals surface area (Å²) in [5, 5.41) is 5.48. The average molecular weight is 332 g/mol. The molecule has 2 heterocycles. The minimum absolute atomic E-state index is 0.00455. The van der Waals surface area contributed by atoms with Gasteiger partial charge in [0.15, 0.2) is 6.61 Å². The van der Waals surface area contributed by atoms with Crippen LogP contribution < -0.4 is 10.1 Å². The third kappa shape index (κ3) is 4.22. The second kappa shape index (κ2) is 7.46. The third-order valence-electron chi connectivity index (χ3n) is 3.67. The molecule has 0 aromatic heterocycles. The van der Waals surface area contributed by atoms with E-state index >= 15 is 0 Å². The van der Waals surface area contributed by atoms with Gasteiger partial charge in [-0.25, -0.2) is 0 Å². The van der Waals surface area contributed by atoms with Gasteiger partial charge in [0.2, 0.25) is 0 Å². The van der Waals surface area contributed by atoms with E-state index in [1.54, 1.807) is 29.1 Å². The first-order valence-electron chi connectivity index (χ1n) is 7.58. The summed E-state index contributed by atoms with van der Waals surface area (Å²) in [4.78, 5) is 14.3. The average Bonchev–Trinajstić information content (AvgIpc) is 3.25. The van der Waals surface area contributed by atoms with Crippen LogP contribution in [-0.4, -0.2) is 35.6 Å². The summed E-state index contributed by atoms with van der Waals surface area (Å²) in [5.41, 5.74) is 1.16. The highest BCUT2D eigenvalue weighted by Gasteiger charge is 2.29. The standard InChI is InChI=1S/C17H20N2O3S/c1-13-4-6-14(7-5-13)22-12-16(20)19(17-18-8-9-21-17)11-15-3-2-10-23-15/h2,4-10,15,17-18H,3,11-12H2,1H3. The van der Waals surface area contributed by atoms with Gasteiger partial charge in [0.1, 0.15) is 12.0 Å². The van der Waals surface area contributed by atoms with Crippen molar-refractivity contribution in [3.8, 4) is 5.75 Å². The number of thioether (sulfide) groups is 1. The van der Waals surface area contributed by atoms with Crippen LogP contribution in [0.2, 0.25) is 0 Å². The molecule has 0 radical (unpaired) electrons. The molecule has 0 saturated heterocycles. The Labute approximate surface area is 140 Å². The molecular formula is C17H20N2O3S. The summed E-state index contributed by atoms with van der Waals surface area (Å²) in [7, 11) is 0. The molecular weight excluding hydrogens is 312 g/mol. The summed E-state index contributed by atoms with van der Waals surface area (Å²) in [6, 6.07) is 7.67. The molecule has 2 atom stereocenters. The number of carbonyl (C=O) groups is 1. The molecule has 2 aliphatic rings. The van der Waals surface area contributed by atoms with Crippen molar-refractivity contribution >= 4 is 17.7 Å². The van der Waals surface area contributed by atoms with Crippen LogP contribution in [0.25, 0.3) is 0 Å². The maximum absolute atomic E-state index is 12.6. The topological polar surface area (TPSA) is 50.8 Å². The van der Waals surface area contributed by atoms with Crippen LogP contribution in [0.5, 0.6) is 5.75 Å². The summed E-state index contributed by atoms with van der Waals surface area (Å²) in [6.45, 7) is 2.63. The minimum Gasteiger partial charge on any atom is -0.484 e. The number of benzene rings is 1. The maximum Gasteiger partial charge on any atom is 0.264 e. The number of nitrogens with zero attached hydrogens (tertiary/aromatic N) is 1. The number of amides is 1. The van der Waals surface area contributed by atoms with E-state index in [0.717, 1.165) is 12.0 Å². The fourth-order valence-corrected chi connectivity index (χ4v) is 3.31. The lowest BCUT2D eigenvalue weighted by Gasteiger charge is -2.30. The minimum atomic E-state index is -0.453. The first-order valence-corrected chi connectivity index (χ1v) is 8.52. The van der Waals surface area contributed by atoms with Crippen molar-refractivity contribution in [2.75, 3.05) is 13.2 Å². The van der Waals surface area contributed by atoms with E-state index in [9.17, 15) is 4.79 Å². The van der Waals surface area contributed by atoms with Crippen LogP contribution >= 0.6 is 11.8 Å². The Balaban J connectivity index is 1.58. The highest BCUT2D eigenvalue weighted by molar-refractivity contribution is 8.03. The van der Waals surface area contributed by atoms with E-state index in [2.05, 4.69) is 16.8 Å². The van der Waals surface area contributed by atoms with Gasteiger partial charge in [0, 0.05) is 18.0 Å². The molecule has 0 bridgehead atoms. The zero-order chi connectivity index (χ0) is 16.1. The van der Waals surface area contributed by atoms with E-state index in [4.69, 9.17) is 9.47 Å². The van der Waals surface area contributed by atoms with Crippen molar-refractivity contribution in [3.05, 3.63) is 53.8 Å². The second-order valence-electron chi connectivity index (χ2n) is 5.47. The number of rotatable bonds is 6. The zero-order valence-corrected chi connectivity index (χ0v) is 13.8. The van der Waals surface area contributed by atoms with Crippen LogP contribution in [0.15, 0.2) is 48.2 Å². The van der Waals surface area contributed by atoms with Gasteiger partial charge in [-0.1, -0.05) is 23.8 Å². The predicted octanol–water partition coefficient (Wildman–Crippen LogP) is 2.60. The van der Waals surface area contributed by atoms with Crippen molar-refractivity contribution < 1.29 is 14.3 Å². The summed E-state index contributed by atoms with van der Waals surface area (Å²) < 4.78 is 11.1. The third-order valence-corrected chi connectivity index (χ3v) is 4.74. The summed E-state index contributed by atoms with van der Waals surface area (Å²) in [6.07, 6.45) is 5.90. The van der Waals surface area contributed by atoms with Crippen molar-refractivity contribution in [2.24, 2.45) is 0 Å². The smallest absolute Gasteiger partial charge is 0.264 e. The van der Waals surface area contributed by atoms with Gasteiger partial charge in [0.25, 0.3) is 12.3 Å². The molecule has 1 aromatic rings. The van der Waals surface area contributed by atoms with Gasteiger partial charge in [0.05, 0.1) is 0 Å². The van der Waals surface area contributed by atoms with E-state index in [1.807, 2.05) is 31.2 Å². The molecule has 3 rings (SSSR count). The predicted molar refractivity (Wildman–Crippen MR) is 90.7 cm³/mol. The SMILES string of the molecule is Cc1ccc(OCC(=O)N(CC2CC=CS2)C2NC=CO2)cc1. The van der Waals surface area contributed by atoms with Gasteiger partial charge in [-0.05, 0) is 30.9 Å². The van der Waals surface area contributed by atoms with Gasteiger partial charge in [-0.3, -0.25) is 9.69 Å². The molecule has 0 aliphatic carbocycles. The highest BCUT2D eigenvalue weighted by Crippen LogP contribution is 2.25. The van der Waals surface area contributed by atoms with E-state index in [-0.39, 0.29) is 12.5 Å². The lowest BCUT2D eigenvalue weighted by atomic mass is 10.2. The lowest BCUT2D eigenvalue weighted by molar-refractivity contribution is -0.144. The number of ether oxygens (including phenoxy) is 2. The summed E-state index contributed by atoms with van der Waals surface area (Å²) in [5.74, 6) is 0.596. The number of aryl methyl sites for hydroxylation is 1. The molecule has 23 heavy (non-hydrogen) atoms. The Morgan fingerprint density at radius 3 is 2.91 bits per heavy atom. The Bertz CT molecular complexity index is 584. The molecule has 122 valence electrons. The molecule has 6 heteroatoms. The molecule has 2 aliphatic heterocycles. The monoisotopic (exact) mass is 332 g/mol. The first-order chi connectivity index (χ1) is 11.2. The van der Waals surface area contributed by atoms with Gasteiger partial charge in [-0.15, -0.1) is 11.8 Å². The van der Waals surface area contributed by atoms with Crippen molar-refractivity contribution in [1.29, 1.82) is 0 Å². The molecule has 0 fully saturated rings.